The van der Waals surface area contributed by atoms with Crippen molar-refractivity contribution in [3.8, 4) is 28.4 Å². The van der Waals surface area contributed by atoms with Crippen molar-refractivity contribution >= 4 is 27.3 Å². The Kier molecular flexibility index (Phi) is 6.74. The van der Waals surface area contributed by atoms with Gasteiger partial charge in [0.2, 0.25) is 10.0 Å². The fraction of sp³-hybridized carbons (Fsp3) is 0.120. The first-order chi connectivity index (χ1) is 16.8. The van der Waals surface area contributed by atoms with Crippen LogP contribution in [0, 0.1) is 0 Å². The van der Waals surface area contributed by atoms with E-state index in [1.165, 1.54) is 13.2 Å². The van der Waals surface area contributed by atoms with E-state index in [9.17, 15) is 13.2 Å². The Balaban J connectivity index is 1.69. The number of sulfonamides is 1. The quantitative estimate of drug-likeness (QED) is 0.382. The number of anilines is 2. The summed E-state index contributed by atoms with van der Waals surface area (Å²) in [5, 5.41) is 7.32. The van der Waals surface area contributed by atoms with Crippen LogP contribution in [0.2, 0.25) is 0 Å². The predicted molar refractivity (Wildman–Crippen MR) is 135 cm³/mol. The first kappa shape index (κ1) is 23.8. The molecule has 0 unspecified atom stereocenters. The number of methoxy groups -OCH3 is 2. The van der Waals surface area contributed by atoms with Crippen molar-refractivity contribution < 1.29 is 22.7 Å². The summed E-state index contributed by atoms with van der Waals surface area (Å²) < 4.78 is 37.9. The van der Waals surface area contributed by atoms with Crippen LogP contribution in [0.5, 0.6) is 11.5 Å². The SMILES string of the molecule is COc1ccc(-c2cc(C(=O)Nc3ccc(OC)c(NS(C)(=O)=O)c3)nn2-c2ccccc2)cc1. The van der Waals surface area contributed by atoms with Gasteiger partial charge in [0.15, 0.2) is 5.69 Å². The van der Waals surface area contributed by atoms with Crippen LogP contribution in [0.15, 0.2) is 78.9 Å². The Bertz CT molecular complexity index is 1450. The lowest BCUT2D eigenvalue weighted by Gasteiger charge is -2.12. The van der Waals surface area contributed by atoms with Gasteiger partial charge in [-0.1, -0.05) is 18.2 Å². The molecular weight excluding hydrogens is 468 g/mol. The van der Waals surface area contributed by atoms with Gasteiger partial charge in [0.1, 0.15) is 11.5 Å². The van der Waals surface area contributed by atoms with Crippen LogP contribution in [-0.2, 0) is 10.0 Å². The van der Waals surface area contributed by atoms with E-state index < -0.39 is 15.9 Å². The van der Waals surface area contributed by atoms with E-state index in [4.69, 9.17) is 9.47 Å². The van der Waals surface area contributed by atoms with Crippen molar-refractivity contribution in [3.63, 3.8) is 0 Å². The van der Waals surface area contributed by atoms with Gasteiger partial charge in [0.25, 0.3) is 5.91 Å². The van der Waals surface area contributed by atoms with Crippen LogP contribution in [0.1, 0.15) is 10.5 Å². The van der Waals surface area contributed by atoms with E-state index in [1.54, 1.807) is 30.0 Å². The van der Waals surface area contributed by atoms with E-state index in [2.05, 4.69) is 15.1 Å². The third-order valence-corrected chi connectivity index (χ3v) is 5.67. The molecule has 0 radical (unpaired) electrons. The summed E-state index contributed by atoms with van der Waals surface area (Å²) in [6, 6.07) is 23.3. The summed E-state index contributed by atoms with van der Waals surface area (Å²) in [7, 11) is -0.516. The second-order valence-electron chi connectivity index (χ2n) is 7.63. The van der Waals surface area contributed by atoms with Crippen molar-refractivity contribution in [1.82, 2.24) is 9.78 Å². The fourth-order valence-corrected chi connectivity index (χ4v) is 4.04. The van der Waals surface area contributed by atoms with Gasteiger partial charge in [-0.3, -0.25) is 9.52 Å². The van der Waals surface area contributed by atoms with Crippen LogP contribution in [-0.4, -0.2) is 44.6 Å². The van der Waals surface area contributed by atoms with Gasteiger partial charge in [-0.05, 0) is 60.7 Å². The zero-order valence-electron chi connectivity index (χ0n) is 19.3. The van der Waals surface area contributed by atoms with E-state index in [1.807, 2.05) is 54.6 Å². The molecule has 0 atom stereocenters. The Morgan fingerprint density at radius 2 is 1.63 bits per heavy atom. The number of carbonyl (C=O) groups is 1. The third kappa shape index (κ3) is 5.61. The lowest BCUT2D eigenvalue weighted by atomic mass is 10.1. The lowest BCUT2D eigenvalue weighted by Crippen LogP contribution is -2.14. The number of ether oxygens (including phenoxy) is 2. The number of nitrogens with zero attached hydrogens (tertiary/aromatic N) is 2. The smallest absolute Gasteiger partial charge is 0.276 e. The minimum absolute atomic E-state index is 0.188. The first-order valence-corrected chi connectivity index (χ1v) is 12.4. The number of para-hydroxylation sites is 1. The molecule has 0 aliphatic rings. The van der Waals surface area contributed by atoms with Crippen LogP contribution < -0.4 is 19.5 Å². The van der Waals surface area contributed by atoms with Gasteiger partial charge in [0.05, 0.1) is 37.5 Å². The molecule has 4 aromatic rings. The molecule has 0 aliphatic heterocycles. The van der Waals surface area contributed by atoms with Crippen molar-refractivity contribution in [1.29, 1.82) is 0 Å². The summed E-state index contributed by atoms with van der Waals surface area (Å²) in [6.07, 6.45) is 1.04. The van der Waals surface area contributed by atoms with Gasteiger partial charge in [0, 0.05) is 11.3 Å². The maximum Gasteiger partial charge on any atom is 0.276 e. The average Bonchev–Trinajstić information content (AvgIpc) is 3.30. The number of rotatable bonds is 8. The molecule has 4 rings (SSSR count). The predicted octanol–water partition coefficient (Wildman–Crippen LogP) is 4.18. The van der Waals surface area contributed by atoms with Crippen LogP contribution in [0.3, 0.4) is 0 Å². The molecule has 3 aromatic carbocycles. The third-order valence-electron chi connectivity index (χ3n) is 5.08. The van der Waals surface area contributed by atoms with Crippen molar-refractivity contribution in [2.75, 3.05) is 30.5 Å². The molecule has 9 nitrogen and oxygen atoms in total. The number of amides is 1. The van der Waals surface area contributed by atoms with Crippen LogP contribution >= 0.6 is 0 Å². The van der Waals surface area contributed by atoms with Gasteiger partial charge in [-0.15, -0.1) is 0 Å². The summed E-state index contributed by atoms with van der Waals surface area (Å²) in [5.74, 6) is 0.587. The first-order valence-electron chi connectivity index (χ1n) is 10.5. The second-order valence-corrected chi connectivity index (χ2v) is 9.38. The molecule has 0 saturated carbocycles. The molecule has 180 valence electrons. The molecule has 0 aliphatic carbocycles. The molecular formula is C25H24N4O5S. The molecule has 1 aromatic heterocycles. The molecule has 2 N–H and O–H groups in total. The zero-order valence-corrected chi connectivity index (χ0v) is 20.2. The minimum Gasteiger partial charge on any atom is -0.497 e. The van der Waals surface area contributed by atoms with Gasteiger partial charge in [-0.2, -0.15) is 5.10 Å². The Hall–Kier alpha value is -4.31. The monoisotopic (exact) mass is 492 g/mol. The number of benzene rings is 3. The highest BCUT2D eigenvalue weighted by molar-refractivity contribution is 7.92. The van der Waals surface area contributed by atoms with Crippen molar-refractivity contribution in [2.45, 2.75) is 0 Å². The van der Waals surface area contributed by atoms with Crippen LogP contribution in [0.4, 0.5) is 11.4 Å². The number of nitrogens with one attached hydrogen (secondary N) is 2. The molecule has 0 fully saturated rings. The highest BCUT2D eigenvalue weighted by Gasteiger charge is 2.18. The largest absolute Gasteiger partial charge is 0.497 e. The van der Waals surface area contributed by atoms with E-state index >= 15 is 0 Å². The molecule has 10 heteroatoms. The summed E-state index contributed by atoms with van der Waals surface area (Å²) >= 11 is 0. The lowest BCUT2D eigenvalue weighted by molar-refractivity contribution is 0.102. The number of hydrogen-bond acceptors (Lipinski definition) is 6. The van der Waals surface area contributed by atoms with Gasteiger partial charge >= 0.3 is 0 Å². The Morgan fingerprint density at radius 3 is 2.26 bits per heavy atom. The van der Waals surface area contributed by atoms with E-state index in [0.717, 1.165) is 29.0 Å². The average molecular weight is 493 g/mol. The number of aromatic nitrogens is 2. The Morgan fingerprint density at radius 1 is 0.914 bits per heavy atom. The summed E-state index contributed by atoms with van der Waals surface area (Å²) in [5.41, 5.74) is 3.14. The topological polar surface area (TPSA) is 112 Å². The molecule has 1 heterocycles. The normalized spacial score (nSPS) is 11.1. The number of hydrogen-bond donors (Lipinski definition) is 2. The molecule has 35 heavy (non-hydrogen) atoms. The van der Waals surface area contributed by atoms with E-state index in [-0.39, 0.29) is 11.4 Å². The van der Waals surface area contributed by atoms with Crippen molar-refractivity contribution in [2.24, 2.45) is 0 Å². The van der Waals surface area contributed by atoms with E-state index in [0.29, 0.717) is 11.4 Å². The molecule has 0 saturated heterocycles. The molecule has 0 spiro atoms. The highest BCUT2D eigenvalue weighted by Crippen LogP contribution is 2.30. The summed E-state index contributed by atoms with van der Waals surface area (Å²) in [4.78, 5) is 13.1. The van der Waals surface area contributed by atoms with Gasteiger partial charge < -0.3 is 14.8 Å². The molecule has 1 amide bonds. The highest BCUT2D eigenvalue weighted by atomic mass is 32.2. The fourth-order valence-electron chi connectivity index (χ4n) is 3.49. The maximum atomic E-state index is 13.1. The van der Waals surface area contributed by atoms with Crippen LogP contribution in [0.25, 0.3) is 16.9 Å². The second kappa shape index (κ2) is 9.90. The Labute approximate surface area is 203 Å². The maximum absolute atomic E-state index is 13.1. The summed E-state index contributed by atoms with van der Waals surface area (Å²) in [6.45, 7) is 0. The standard InChI is InChI=1S/C25H24N4O5S/c1-33-20-12-9-17(10-13-20)23-16-22(27-29(23)19-7-5-4-6-8-19)25(30)26-18-11-14-24(34-2)21(15-18)28-35(3,31)32/h4-16,28H,1-3H3,(H,26,30). The van der Waals surface area contributed by atoms with Gasteiger partial charge in [-0.25, -0.2) is 13.1 Å². The number of carbonyl (C=O) groups excluding carboxylic acids is 1. The van der Waals surface area contributed by atoms with Crippen molar-refractivity contribution in [3.05, 3.63) is 84.6 Å². The zero-order chi connectivity index (χ0) is 25.0. The minimum atomic E-state index is -3.54. The molecule has 0 bridgehead atoms.